The van der Waals surface area contributed by atoms with Gasteiger partial charge in [0.1, 0.15) is 5.69 Å². The minimum absolute atomic E-state index is 0.0555. The lowest BCUT2D eigenvalue weighted by molar-refractivity contribution is 0.0714. The summed E-state index contributed by atoms with van der Waals surface area (Å²) in [7, 11) is 0. The maximum absolute atomic E-state index is 13.0. The molecule has 0 unspecified atom stereocenters. The highest BCUT2D eigenvalue weighted by Gasteiger charge is 2.46. The Morgan fingerprint density at radius 1 is 1.26 bits per heavy atom. The van der Waals surface area contributed by atoms with Crippen LogP contribution in [0.15, 0.2) is 48.3 Å². The van der Waals surface area contributed by atoms with E-state index in [2.05, 4.69) is 21.3 Å². The fourth-order valence-electron chi connectivity index (χ4n) is 4.14. The number of amides is 1. The van der Waals surface area contributed by atoms with Gasteiger partial charge < -0.3 is 9.80 Å². The van der Waals surface area contributed by atoms with Crippen LogP contribution in [0.5, 0.6) is 0 Å². The molecule has 3 bridgehead atoms. The number of allylic oxidation sites excluding steroid dienone is 1. The van der Waals surface area contributed by atoms with Crippen molar-refractivity contribution in [3.63, 3.8) is 0 Å². The number of nitrogens with one attached hydrogen (secondary N) is 1. The summed E-state index contributed by atoms with van der Waals surface area (Å²) >= 11 is 0. The van der Waals surface area contributed by atoms with Gasteiger partial charge in [-0.25, -0.2) is 0 Å². The molecule has 23 heavy (non-hydrogen) atoms. The van der Waals surface area contributed by atoms with Gasteiger partial charge in [-0.2, -0.15) is 5.10 Å². The van der Waals surface area contributed by atoms with Crippen molar-refractivity contribution in [1.82, 2.24) is 20.0 Å². The third-order valence-electron chi connectivity index (χ3n) is 5.24. The molecule has 1 aromatic carbocycles. The molecule has 5 nitrogen and oxygen atoms in total. The van der Waals surface area contributed by atoms with Gasteiger partial charge in [0, 0.05) is 36.5 Å². The van der Waals surface area contributed by atoms with E-state index in [0.29, 0.717) is 17.7 Å². The highest BCUT2D eigenvalue weighted by molar-refractivity contribution is 5.95. The maximum atomic E-state index is 13.0. The largest absolute Gasteiger partial charge is 0.374 e. The van der Waals surface area contributed by atoms with E-state index in [1.807, 2.05) is 41.3 Å². The molecule has 1 aromatic heterocycles. The summed E-state index contributed by atoms with van der Waals surface area (Å²) in [5.74, 6) is 0.610. The molecule has 0 aliphatic carbocycles. The van der Waals surface area contributed by atoms with Gasteiger partial charge in [0.2, 0.25) is 0 Å². The van der Waals surface area contributed by atoms with E-state index in [4.69, 9.17) is 0 Å². The molecule has 5 rings (SSSR count). The molecule has 4 heterocycles. The Kier molecular flexibility index (Phi) is 2.65. The number of fused-ring (bicyclic) bond motifs is 2. The quantitative estimate of drug-likeness (QED) is 0.927. The SMILES string of the molecule is O=C(c1cc(-c2ccccc2)n[nH]1)N1C2=CN3CC[C@H]2C[C@H]1C3. The number of carbonyl (C=O) groups excluding carboxylic acids is 1. The average Bonchev–Trinajstić information content (AvgIpc) is 3.10. The van der Waals surface area contributed by atoms with Gasteiger partial charge in [-0.3, -0.25) is 9.89 Å². The summed E-state index contributed by atoms with van der Waals surface area (Å²) in [5, 5.41) is 7.25. The molecule has 2 atom stereocenters. The summed E-state index contributed by atoms with van der Waals surface area (Å²) in [6.45, 7) is 2.10. The second kappa shape index (κ2) is 4.72. The first kappa shape index (κ1) is 12.9. The highest BCUT2D eigenvalue weighted by Crippen LogP contribution is 2.43. The number of aromatic nitrogens is 2. The van der Waals surface area contributed by atoms with Crippen LogP contribution in [0.1, 0.15) is 23.3 Å². The minimum Gasteiger partial charge on any atom is -0.374 e. The topological polar surface area (TPSA) is 52.2 Å². The minimum atomic E-state index is 0.0555. The molecule has 1 N–H and O–H groups in total. The molecule has 116 valence electrons. The number of hydrogen-bond acceptors (Lipinski definition) is 3. The summed E-state index contributed by atoms with van der Waals surface area (Å²) in [5.41, 5.74) is 3.62. The van der Waals surface area contributed by atoms with Gasteiger partial charge in [0.25, 0.3) is 5.91 Å². The molecular weight excluding hydrogens is 288 g/mol. The number of nitrogens with zero attached hydrogens (tertiary/aromatic N) is 3. The molecule has 1 amide bonds. The monoisotopic (exact) mass is 306 g/mol. The van der Waals surface area contributed by atoms with E-state index in [9.17, 15) is 4.79 Å². The van der Waals surface area contributed by atoms with E-state index in [1.54, 1.807) is 0 Å². The predicted octanol–water partition coefficient (Wildman–Crippen LogP) is 2.47. The van der Waals surface area contributed by atoms with Gasteiger partial charge in [-0.1, -0.05) is 30.3 Å². The van der Waals surface area contributed by atoms with E-state index < -0.39 is 0 Å². The summed E-state index contributed by atoms with van der Waals surface area (Å²) in [6.07, 6.45) is 4.46. The van der Waals surface area contributed by atoms with Crippen LogP contribution in [0.3, 0.4) is 0 Å². The molecule has 1 saturated heterocycles. The molecule has 3 aliphatic rings. The Hall–Kier alpha value is -2.56. The highest BCUT2D eigenvalue weighted by atomic mass is 16.2. The Balaban J connectivity index is 1.46. The number of carbonyl (C=O) groups is 1. The van der Waals surface area contributed by atoms with Crippen molar-refractivity contribution in [2.24, 2.45) is 5.92 Å². The first-order valence-electron chi connectivity index (χ1n) is 8.20. The first-order valence-corrected chi connectivity index (χ1v) is 8.20. The van der Waals surface area contributed by atoms with Crippen LogP contribution in [0.25, 0.3) is 11.3 Å². The third kappa shape index (κ3) is 1.92. The lowest BCUT2D eigenvalue weighted by Gasteiger charge is -2.38. The second-order valence-electron chi connectivity index (χ2n) is 6.63. The molecule has 0 spiro atoms. The van der Waals surface area contributed by atoms with Crippen LogP contribution < -0.4 is 0 Å². The van der Waals surface area contributed by atoms with E-state index >= 15 is 0 Å². The maximum Gasteiger partial charge on any atom is 0.276 e. The predicted molar refractivity (Wildman–Crippen MR) is 86.4 cm³/mol. The lowest BCUT2D eigenvalue weighted by Crippen LogP contribution is -2.46. The van der Waals surface area contributed by atoms with E-state index in [0.717, 1.165) is 30.8 Å². The molecule has 2 aromatic rings. The Morgan fingerprint density at radius 2 is 2.13 bits per heavy atom. The zero-order valence-electron chi connectivity index (χ0n) is 12.8. The fourth-order valence-corrected chi connectivity index (χ4v) is 4.14. The number of hydrogen-bond donors (Lipinski definition) is 1. The molecule has 5 heteroatoms. The Labute approximate surface area is 134 Å². The third-order valence-corrected chi connectivity index (χ3v) is 5.24. The molecule has 1 fully saturated rings. The smallest absolute Gasteiger partial charge is 0.276 e. The van der Waals surface area contributed by atoms with Crippen LogP contribution in [-0.4, -0.2) is 45.0 Å². The fraction of sp³-hybridized carbons (Fsp3) is 0.333. The zero-order chi connectivity index (χ0) is 15.4. The molecular formula is C18H18N4O. The summed E-state index contributed by atoms with van der Waals surface area (Å²) < 4.78 is 0. The Bertz CT molecular complexity index is 792. The van der Waals surface area contributed by atoms with Gasteiger partial charge in [-0.15, -0.1) is 0 Å². The molecule has 0 radical (unpaired) electrons. The van der Waals surface area contributed by atoms with Crippen LogP contribution in [0.4, 0.5) is 0 Å². The van der Waals surface area contributed by atoms with Crippen molar-refractivity contribution in [2.75, 3.05) is 13.1 Å². The standard InChI is InChI=1S/C18H18N4O/c23-18(16-9-15(19-20-16)12-4-2-1-3-5-12)22-14-8-13-6-7-21(10-14)11-17(13)22/h1-5,9,11,13-14H,6-8,10H2,(H,19,20)/t13-,14-/m0/s1. The van der Waals surface area contributed by atoms with Crippen LogP contribution in [-0.2, 0) is 0 Å². The number of rotatable bonds is 2. The van der Waals surface area contributed by atoms with Gasteiger partial charge in [-0.05, 0) is 18.9 Å². The van der Waals surface area contributed by atoms with Crippen molar-refractivity contribution in [3.05, 3.63) is 54.0 Å². The van der Waals surface area contributed by atoms with Crippen molar-refractivity contribution in [1.29, 1.82) is 0 Å². The zero-order valence-corrected chi connectivity index (χ0v) is 12.8. The van der Waals surface area contributed by atoms with Crippen molar-refractivity contribution in [2.45, 2.75) is 18.9 Å². The van der Waals surface area contributed by atoms with Gasteiger partial charge >= 0.3 is 0 Å². The number of H-pyrrole nitrogens is 1. The summed E-state index contributed by atoms with van der Waals surface area (Å²) in [4.78, 5) is 17.3. The second-order valence-corrected chi connectivity index (χ2v) is 6.63. The van der Waals surface area contributed by atoms with Crippen molar-refractivity contribution < 1.29 is 4.79 Å². The van der Waals surface area contributed by atoms with E-state index in [1.165, 1.54) is 12.1 Å². The van der Waals surface area contributed by atoms with Gasteiger partial charge in [0.15, 0.2) is 0 Å². The van der Waals surface area contributed by atoms with Crippen LogP contribution in [0, 0.1) is 5.92 Å². The Morgan fingerprint density at radius 3 is 3.00 bits per heavy atom. The molecule has 3 aliphatic heterocycles. The van der Waals surface area contributed by atoms with Crippen molar-refractivity contribution in [3.8, 4) is 11.3 Å². The van der Waals surface area contributed by atoms with Crippen LogP contribution >= 0.6 is 0 Å². The molecule has 0 saturated carbocycles. The van der Waals surface area contributed by atoms with Crippen molar-refractivity contribution >= 4 is 5.91 Å². The van der Waals surface area contributed by atoms with E-state index in [-0.39, 0.29) is 5.91 Å². The van der Waals surface area contributed by atoms with Crippen LogP contribution in [0.2, 0.25) is 0 Å². The normalized spacial score (nSPS) is 25.0. The lowest BCUT2D eigenvalue weighted by atomic mass is 9.99. The first-order chi connectivity index (χ1) is 11.3. The number of aromatic amines is 1. The van der Waals surface area contributed by atoms with Gasteiger partial charge in [0.05, 0.1) is 11.7 Å². The number of benzene rings is 1. The average molecular weight is 306 g/mol. The summed E-state index contributed by atoms with van der Waals surface area (Å²) in [6, 6.07) is 12.1.